The van der Waals surface area contributed by atoms with Crippen LogP contribution < -0.4 is 14.8 Å². The first-order valence-electron chi connectivity index (χ1n) is 18.6. The van der Waals surface area contributed by atoms with E-state index in [1.165, 1.54) is 0 Å². The van der Waals surface area contributed by atoms with Crippen molar-refractivity contribution < 1.29 is 34.1 Å². The van der Waals surface area contributed by atoms with E-state index in [-0.39, 0.29) is 35.8 Å². The molecule has 0 aliphatic carbocycles. The molecule has 2 fully saturated rings. The van der Waals surface area contributed by atoms with E-state index in [1.54, 1.807) is 42.5 Å². The second-order valence-corrected chi connectivity index (χ2v) is 14.1. The first-order valence-corrected chi connectivity index (χ1v) is 18.6. The van der Waals surface area contributed by atoms with Crippen LogP contribution in [0.15, 0.2) is 91.0 Å². The Labute approximate surface area is 314 Å². The van der Waals surface area contributed by atoms with Gasteiger partial charge in [0.05, 0.1) is 18.2 Å². The molecule has 1 unspecified atom stereocenters. The topological polar surface area (TPSA) is 134 Å². The van der Waals surface area contributed by atoms with Gasteiger partial charge in [-0.05, 0) is 122 Å². The van der Waals surface area contributed by atoms with Crippen molar-refractivity contribution in [1.29, 1.82) is 0 Å². The highest BCUT2D eigenvalue weighted by Crippen LogP contribution is 2.36. The maximum Gasteiger partial charge on any atom is 0.260 e. The molecule has 3 amide bonds. The number of fused-ring (bicyclic) bond motifs is 1. The number of piperidine rings is 1. The van der Waals surface area contributed by atoms with Crippen molar-refractivity contribution in [2.45, 2.75) is 45.1 Å². The number of ether oxygens (including phenoxy) is 2. The van der Waals surface area contributed by atoms with Crippen LogP contribution in [0.2, 0.25) is 0 Å². The van der Waals surface area contributed by atoms with E-state index < -0.39 is 5.92 Å². The van der Waals surface area contributed by atoms with Crippen LogP contribution in [0.3, 0.4) is 0 Å². The van der Waals surface area contributed by atoms with Crippen LogP contribution in [0, 0.1) is 6.92 Å². The lowest BCUT2D eigenvalue weighted by Gasteiger charge is -2.34. The van der Waals surface area contributed by atoms with E-state index in [0.29, 0.717) is 44.8 Å². The number of phenols is 2. The van der Waals surface area contributed by atoms with Gasteiger partial charge in [0.1, 0.15) is 23.0 Å². The smallest absolute Gasteiger partial charge is 0.260 e. The third kappa shape index (κ3) is 8.52. The van der Waals surface area contributed by atoms with E-state index in [2.05, 4.69) is 33.8 Å². The molecule has 280 valence electrons. The maximum absolute atomic E-state index is 12.9. The summed E-state index contributed by atoms with van der Waals surface area (Å²) in [4.78, 5) is 40.9. The van der Waals surface area contributed by atoms with Gasteiger partial charge in [0.2, 0.25) is 11.8 Å². The van der Waals surface area contributed by atoms with Crippen LogP contribution in [-0.4, -0.2) is 88.2 Å². The molecule has 1 aromatic heterocycles. The first-order chi connectivity index (χ1) is 26.2. The zero-order valence-corrected chi connectivity index (χ0v) is 30.5. The van der Waals surface area contributed by atoms with Gasteiger partial charge >= 0.3 is 0 Å². The first kappa shape index (κ1) is 36.5. The third-order valence-electron chi connectivity index (χ3n) is 10.4. The van der Waals surface area contributed by atoms with Crippen molar-refractivity contribution in [2.24, 2.45) is 0 Å². The molecule has 0 radical (unpaired) electrons. The second kappa shape index (κ2) is 16.5. The Morgan fingerprint density at radius 1 is 0.833 bits per heavy atom. The summed E-state index contributed by atoms with van der Waals surface area (Å²) in [6, 6.07) is 28.1. The number of hydrogen-bond acceptors (Lipinski definition) is 8. The average Bonchev–Trinajstić information content (AvgIpc) is 3.44. The summed E-state index contributed by atoms with van der Waals surface area (Å²) in [7, 11) is 0. The highest BCUT2D eigenvalue weighted by Gasteiger charge is 2.28. The van der Waals surface area contributed by atoms with Gasteiger partial charge in [0, 0.05) is 50.0 Å². The number of hydrogen-bond donors (Lipinski definition) is 3. The van der Waals surface area contributed by atoms with Crippen molar-refractivity contribution in [3.05, 3.63) is 108 Å². The number of aromatic hydroxyl groups is 2. The van der Waals surface area contributed by atoms with Crippen LogP contribution in [0.4, 0.5) is 0 Å². The quantitative estimate of drug-likeness (QED) is 0.0997. The Balaban J connectivity index is 0.830. The summed E-state index contributed by atoms with van der Waals surface area (Å²) in [6.07, 6.45) is 2.69. The van der Waals surface area contributed by atoms with Gasteiger partial charge in [-0.1, -0.05) is 24.3 Å². The van der Waals surface area contributed by atoms with Gasteiger partial charge in [-0.2, -0.15) is 0 Å². The number of carbonyl (C=O) groups excluding carboxylic acids is 3. The van der Waals surface area contributed by atoms with Crippen molar-refractivity contribution in [3.63, 3.8) is 0 Å². The lowest BCUT2D eigenvalue weighted by molar-refractivity contribution is -0.136. The highest BCUT2D eigenvalue weighted by atomic mass is 16.5. The molecule has 11 nitrogen and oxygen atoms in total. The Morgan fingerprint density at radius 3 is 2.35 bits per heavy atom. The molecule has 0 bridgehead atoms. The van der Waals surface area contributed by atoms with E-state index >= 15 is 0 Å². The Kier molecular flexibility index (Phi) is 11.1. The van der Waals surface area contributed by atoms with E-state index in [9.17, 15) is 24.6 Å². The standard InChI is InChI=1S/C43H46N4O7/c1-29-38-26-34(49)13-17-39(38)47(42(29)31-9-11-33(48)12-10-31)27-30-7-14-35(15-8-30)53-24-3-2-19-45-20-22-46(23-21-45)41(51)28-54-36-6-4-5-32(25-36)37-16-18-40(50)44-43(37)52/h4-15,17,25-26,37,48-49H,2-3,16,18-24,27-28H2,1H3,(H,44,50,52). The summed E-state index contributed by atoms with van der Waals surface area (Å²) < 4.78 is 14.1. The fourth-order valence-corrected chi connectivity index (χ4v) is 7.46. The van der Waals surface area contributed by atoms with Crippen molar-refractivity contribution >= 4 is 28.6 Å². The number of amides is 3. The zero-order valence-electron chi connectivity index (χ0n) is 30.5. The van der Waals surface area contributed by atoms with Gasteiger partial charge in [0.25, 0.3) is 5.91 Å². The molecule has 3 N–H and O–H groups in total. The number of rotatable bonds is 13. The fourth-order valence-electron chi connectivity index (χ4n) is 7.46. The number of aryl methyl sites for hydroxylation is 1. The fraction of sp³-hybridized carbons (Fsp3) is 0.326. The van der Waals surface area contributed by atoms with E-state index in [1.807, 2.05) is 41.3 Å². The SMILES string of the molecule is Cc1c(-c2ccc(O)cc2)n(Cc2ccc(OCCCCN3CCN(C(=O)COc4cccc(C5CCC(=O)NC5=O)c4)CC3)cc2)c2ccc(O)cc12. The molecule has 2 saturated heterocycles. The number of phenolic OH excluding ortho intramolecular Hbond substituents is 2. The normalized spacial score (nSPS) is 16.4. The Morgan fingerprint density at radius 2 is 1.59 bits per heavy atom. The molecule has 1 atom stereocenters. The molecule has 0 saturated carbocycles. The van der Waals surface area contributed by atoms with Crippen LogP contribution in [0.25, 0.3) is 22.2 Å². The summed E-state index contributed by atoms with van der Waals surface area (Å²) in [5, 5.41) is 23.4. The number of nitrogens with zero attached hydrogens (tertiary/aromatic N) is 3. The number of imide groups is 1. The van der Waals surface area contributed by atoms with Gasteiger partial charge in [-0.15, -0.1) is 0 Å². The van der Waals surface area contributed by atoms with Crippen molar-refractivity contribution in [2.75, 3.05) is 45.9 Å². The minimum atomic E-state index is -0.396. The lowest BCUT2D eigenvalue weighted by Crippen LogP contribution is -2.50. The van der Waals surface area contributed by atoms with Crippen molar-refractivity contribution in [1.82, 2.24) is 19.7 Å². The molecule has 4 aromatic carbocycles. The lowest BCUT2D eigenvalue weighted by atomic mass is 9.90. The van der Waals surface area contributed by atoms with Crippen molar-refractivity contribution in [3.8, 4) is 34.3 Å². The van der Waals surface area contributed by atoms with Crippen LogP contribution in [0.1, 0.15) is 48.3 Å². The number of piperazine rings is 1. The molecule has 7 rings (SSSR count). The van der Waals surface area contributed by atoms with Gasteiger partial charge < -0.3 is 29.2 Å². The molecule has 11 heteroatoms. The summed E-state index contributed by atoms with van der Waals surface area (Å²) >= 11 is 0. The molecule has 0 spiro atoms. The number of carbonyl (C=O) groups is 3. The predicted octanol–water partition coefficient (Wildman–Crippen LogP) is 5.98. The van der Waals surface area contributed by atoms with Gasteiger partial charge in [0.15, 0.2) is 6.61 Å². The number of benzene rings is 4. The molecule has 2 aliphatic rings. The van der Waals surface area contributed by atoms with Crippen LogP contribution in [-0.2, 0) is 20.9 Å². The minimum Gasteiger partial charge on any atom is -0.508 e. The monoisotopic (exact) mass is 730 g/mol. The highest BCUT2D eigenvalue weighted by molar-refractivity contribution is 6.01. The zero-order chi connectivity index (χ0) is 37.6. The van der Waals surface area contributed by atoms with Gasteiger partial charge in [-0.3, -0.25) is 24.6 Å². The van der Waals surface area contributed by atoms with Crippen LogP contribution in [0.5, 0.6) is 23.0 Å². The molecular formula is C43H46N4O7. The molecule has 3 heterocycles. The maximum atomic E-state index is 12.9. The Hall–Kier alpha value is -5.81. The molecule has 2 aliphatic heterocycles. The van der Waals surface area contributed by atoms with Crippen LogP contribution >= 0.6 is 0 Å². The number of nitrogens with one attached hydrogen (secondary N) is 1. The average molecular weight is 731 g/mol. The number of unbranched alkanes of at least 4 members (excludes halogenated alkanes) is 1. The van der Waals surface area contributed by atoms with E-state index in [0.717, 1.165) is 77.1 Å². The van der Waals surface area contributed by atoms with E-state index in [4.69, 9.17) is 9.47 Å². The molecule has 54 heavy (non-hydrogen) atoms. The molecule has 5 aromatic rings. The third-order valence-corrected chi connectivity index (χ3v) is 10.4. The largest absolute Gasteiger partial charge is 0.508 e. The summed E-state index contributed by atoms with van der Waals surface area (Å²) in [5.41, 5.74) is 6.04. The minimum absolute atomic E-state index is 0.0598. The Bertz CT molecular complexity index is 2120. The predicted molar refractivity (Wildman–Crippen MR) is 206 cm³/mol. The number of aromatic nitrogens is 1. The summed E-state index contributed by atoms with van der Waals surface area (Å²) in [6.45, 7) is 7.12. The van der Waals surface area contributed by atoms with Gasteiger partial charge in [-0.25, -0.2) is 0 Å². The second-order valence-electron chi connectivity index (χ2n) is 14.1. The molecular weight excluding hydrogens is 684 g/mol. The summed E-state index contributed by atoms with van der Waals surface area (Å²) in [5.74, 6) is 0.811.